The molecule has 1 amide bonds. The number of imidazole rings is 1. The standard InChI is InChI=1S/C15H15N3O2S/c19-7-6-16-14(20)8-12-10-21-15-17-13(9-18(12)15)11-4-2-1-3-5-11/h1-5,9-10,19H,6-8H2,(H,16,20). The third-order valence-corrected chi connectivity index (χ3v) is 4.02. The number of carbonyl (C=O) groups excluding carboxylic acids is 1. The van der Waals surface area contributed by atoms with Crippen LogP contribution in [0, 0.1) is 0 Å². The van der Waals surface area contributed by atoms with E-state index in [-0.39, 0.29) is 25.5 Å². The SMILES string of the molecule is O=C(Cc1csc2nc(-c3ccccc3)cn12)NCCO. The van der Waals surface area contributed by atoms with Gasteiger partial charge in [-0.3, -0.25) is 9.20 Å². The van der Waals surface area contributed by atoms with Crippen LogP contribution in [0.3, 0.4) is 0 Å². The Bertz CT molecular complexity index is 749. The van der Waals surface area contributed by atoms with E-state index in [4.69, 9.17) is 5.11 Å². The van der Waals surface area contributed by atoms with E-state index in [1.807, 2.05) is 46.3 Å². The molecule has 0 fully saturated rings. The Kier molecular flexibility index (Phi) is 3.98. The van der Waals surface area contributed by atoms with Crippen LogP contribution in [0.5, 0.6) is 0 Å². The molecule has 108 valence electrons. The summed E-state index contributed by atoms with van der Waals surface area (Å²) in [5.41, 5.74) is 2.86. The lowest BCUT2D eigenvalue weighted by molar-refractivity contribution is -0.120. The van der Waals surface area contributed by atoms with Gasteiger partial charge < -0.3 is 10.4 Å². The molecule has 0 saturated carbocycles. The van der Waals surface area contributed by atoms with E-state index in [0.717, 1.165) is 21.9 Å². The number of carbonyl (C=O) groups is 1. The first-order valence-corrected chi connectivity index (χ1v) is 7.54. The van der Waals surface area contributed by atoms with Crippen molar-refractivity contribution in [3.63, 3.8) is 0 Å². The van der Waals surface area contributed by atoms with Gasteiger partial charge in [0.05, 0.1) is 18.7 Å². The summed E-state index contributed by atoms with van der Waals surface area (Å²) in [6.45, 7) is 0.235. The fourth-order valence-electron chi connectivity index (χ4n) is 2.13. The van der Waals surface area contributed by atoms with E-state index >= 15 is 0 Å². The number of hydrogen-bond acceptors (Lipinski definition) is 4. The quantitative estimate of drug-likeness (QED) is 0.754. The summed E-state index contributed by atoms with van der Waals surface area (Å²) in [4.78, 5) is 17.2. The Morgan fingerprint density at radius 1 is 1.33 bits per heavy atom. The van der Waals surface area contributed by atoms with Crippen LogP contribution in [0.4, 0.5) is 0 Å². The molecule has 2 N–H and O–H groups in total. The lowest BCUT2D eigenvalue weighted by Crippen LogP contribution is -2.28. The van der Waals surface area contributed by atoms with Gasteiger partial charge in [0, 0.05) is 29.4 Å². The number of fused-ring (bicyclic) bond motifs is 1. The molecular formula is C15H15N3O2S. The second-order valence-corrected chi connectivity index (χ2v) is 5.46. The lowest BCUT2D eigenvalue weighted by atomic mass is 10.2. The van der Waals surface area contributed by atoms with Crippen molar-refractivity contribution in [3.05, 3.63) is 47.6 Å². The molecule has 0 aliphatic rings. The zero-order valence-electron chi connectivity index (χ0n) is 11.3. The van der Waals surface area contributed by atoms with Crippen LogP contribution < -0.4 is 5.32 Å². The number of amides is 1. The van der Waals surface area contributed by atoms with E-state index in [0.29, 0.717) is 0 Å². The van der Waals surface area contributed by atoms with Crippen LogP contribution in [0.25, 0.3) is 16.2 Å². The zero-order valence-corrected chi connectivity index (χ0v) is 12.1. The molecule has 0 atom stereocenters. The second kappa shape index (κ2) is 6.07. The van der Waals surface area contributed by atoms with Crippen LogP contribution in [0.1, 0.15) is 5.69 Å². The van der Waals surface area contributed by atoms with Gasteiger partial charge in [0.25, 0.3) is 0 Å². The first-order valence-electron chi connectivity index (χ1n) is 6.66. The highest BCUT2D eigenvalue weighted by Crippen LogP contribution is 2.23. The largest absolute Gasteiger partial charge is 0.395 e. The van der Waals surface area contributed by atoms with Crippen molar-refractivity contribution in [2.24, 2.45) is 0 Å². The van der Waals surface area contributed by atoms with Crippen molar-refractivity contribution in [2.75, 3.05) is 13.2 Å². The normalized spacial score (nSPS) is 10.9. The predicted octanol–water partition coefficient (Wildman–Crippen LogP) is 1.71. The van der Waals surface area contributed by atoms with Gasteiger partial charge in [0.2, 0.25) is 5.91 Å². The molecule has 0 saturated heterocycles. The van der Waals surface area contributed by atoms with Gasteiger partial charge in [-0.15, -0.1) is 11.3 Å². The number of hydrogen-bond donors (Lipinski definition) is 2. The number of aliphatic hydroxyl groups excluding tert-OH is 1. The van der Waals surface area contributed by atoms with Crippen molar-refractivity contribution in [1.82, 2.24) is 14.7 Å². The molecule has 1 aromatic carbocycles. The molecule has 6 heteroatoms. The minimum Gasteiger partial charge on any atom is -0.395 e. The fourth-order valence-corrected chi connectivity index (χ4v) is 3.00. The summed E-state index contributed by atoms with van der Waals surface area (Å²) in [7, 11) is 0. The van der Waals surface area contributed by atoms with Crippen LogP contribution in [-0.4, -0.2) is 33.6 Å². The van der Waals surface area contributed by atoms with E-state index in [2.05, 4.69) is 10.3 Å². The Morgan fingerprint density at radius 2 is 2.14 bits per heavy atom. The molecule has 0 spiro atoms. The van der Waals surface area contributed by atoms with Gasteiger partial charge in [-0.2, -0.15) is 0 Å². The van der Waals surface area contributed by atoms with E-state index in [1.54, 1.807) is 0 Å². The number of nitrogens with zero attached hydrogens (tertiary/aromatic N) is 2. The van der Waals surface area contributed by atoms with Crippen LogP contribution in [0.15, 0.2) is 41.9 Å². The smallest absolute Gasteiger partial charge is 0.226 e. The predicted molar refractivity (Wildman–Crippen MR) is 82.3 cm³/mol. The van der Waals surface area contributed by atoms with Crippen molar-refractivity contribution in [3.8, 4) is 11.3 Å². The maximum atomic E-state index is 11.7. The second-order valence-electron chi connectivity index (χ2n) is 4.62. The zero-order chi connectivity index (χ0) is 14.7. The molecule has 0 aliphatic heterocycles. The highest BCUT2D eigenvalue weighted by molar-refractivity contribution is 7.15. The van der Waals surface area contributed by atoms with Gasteiger partial charge in [-0.05, 0) is 0 Å². The number of rotatable bonds is 5. The van der Waals surface area contributed by atoms with Gasteiger partial charge in [-0.1, -0.05) is 30.3 Å². The van der Waals surface area contributed by atoms with E-state index < -0.39 is 0 Å². The molecule has 5 nitrogen and oxygen atoms in total. The molecule has 2 aromatic heterocycles. The maximum Gasteiger partial charge on any atom is 0.226 e. The molecule has 3 aromatic rings. The molecule has 0 unspecified atom stereocenters. The van der Waals surface area contributed by atoms with Crippen molar-refractivity contribution in [1.29, 1.82) is 0 Å². The van der Waals surface area contributed by atoms with Crippen LogP contribution in [0.2, 0.25) is 0 Å². The highest BCUT2D eigenvalue weighted by atomic mass is 32.1. The topological polar surface area (TPSA) is 66.6 Å². The molecular weight excluding hydrogens is 286 g/mol. The lowest BCUT2D eigenvalue weighted by Gasteiger charge is -2.02. The monoisotopic (exact) mass is 301 g/mol. The highest BCUT2D eigenvalue weighted by Gasteiger charge is 2.12. The fraction of sp³-hybridized carbons (Fsp3) is 0.200. The number of thiazole rings is 1. The van der Waals surface area contributed by atoms with Crippen LogP contribution >= 0.6 is 11.3 Å². The molecule has 2 heterocycles. The summed E-state index contributed by atoms with van der Waals surface area (Å²) >= 11 is 1.52. The van der Waals surface area contributed by atoms with Crippen molar-refractivity contribution >= 4 is 22.2 Å². The first-order chi connectivity index (χ1) is 10.3. The van der Waals surface area contributed by atoms with Crippen LogP contribution in [-0.2, 0) is 11.2 Å². The third-order valence-electron chi connectivity index (χ3n) is 3.13. The average Bonchev–Trinajstić information content (AvgIpc) is 3.08. The summed E-state index contributed by atoms with van der Waals surface area (Å²) in [6, 6.07) is 9.96. The minimum absolute atomic E-state index is 0.0476. The van der Waals surface area contributed by atoms with Crippen molar-refractivity contribution < 1.29 is 9.90 Å². The van der Waals surface area contributed by atoms with E-state index in [1.165, 1.54) is 11.3 Å². The number of aromatic nitrogens is 2. The summed E-state index contributed by atoms with van der Waals surface area (Å²) in [6.07, 6.45) is 2.24. The Hall–Kier alpha value is -2.18. The Morgan fingerprint density at radius 3 is 2.90 bits per heavy atom. The number of nitrogens with one attached hydrogen (secondary N) is 1. The maximum absolute atomic E-state index is 11.7. The van der Waals surface area contributed by atoms with Gasteiger partial charge in [0.1, 0.15) is 0 Å². The number of aliphatic hydroxyl groups is 1. The summed E-state index contributed by atoms with van der Waals surface area (Å²) in [5, 5.41) is 13.3. The van der Waals surface area contributed by atoms with Gasteiger partial charge >= 0.3 is 0 Å². The molecule has 0 radical (unpaired) electrons. The third kappa shape index (κ3) is 2.96. The Labute approximate surface area is 125 Å². The first kappa shape index (κ1) is 13.8. The molecule has 0 aliphatic carbocycles. The summed E-state index contributed by atoms with van der Waals surface area (Å²) in [5.74, 6) is -0.0984. The average molecular weight is 301 g/mol. The minimum atomic E-state index is -0.0984. The molecule has 21 heavy (non-hydrogen) atoms. The Balaban J connectivity index is 1.85. The van der Waals surface area contributed by atoms with Gasteiger partial charge in [0.15, 0.2) is 4.96 Å². The number of benzene rings is 1. The molecule has 3 rings (SSSR count). The molecule has 0 bridgehead atoms. The van der Waals surface area contributed by atoms with Gasteiger partial charge in [-0.25, -0.2) is 4.98 Å². The van der Waals surface area contributed by atoms with Crippen molar-refractivity contribution in [2.45, 2.75) is 6.42 Å². The summed E-state index contributed by atoms with van der Waals surface area (Å²) < 4.78 is 1.95. The van der Waals surface area contributed by atoms with E-state index in [9.17, 15) is 4.79 Å².